The third kappa shape index (κ3) is 2.89. The van der Waals surface area contributed by atoms with E-state index in [0.29, 0.717) is 16.1 Å². The van der Waals surface area contributed by atoms with Crippen molar-refractivity contribution in [2.24, 2.45) is 10.2 Å². The summed E-state index contributed by atoms with van der Waals surface area (Å²) in [6, 6.07) is 13.5. The van der Waals surface area contributed by atoms with E-state index in [1.54, 1.807) is 36.4 Å². The van der Waals surface area contributed by atoms with E-state index in [1.165, 1.54) is 0 Å². The maximum atomic E-state index is 12.1. The Morgan fingerprint density at radius 1 is 1.18 bits per heavy atom. The normalized spacial score (nSPS) is 16.2. The first-order chi connectivity index (χ1) is 10.6. The second-order valence-electron chi connectivity index (χ2n) is 4.84. The van der Waals surface area contributed by atoms with Crippen LogP contribution in [-0.2, 0) is 0 Å². The van der Waals surface area contributed by atoms with Crippen LogP contribution in [-0.4, -0.2) is 18.4 Å². The lowest BCUT2D eigenvalue weighted by Gasteiger charge is -2.18. The van der Waals surface area contributed by atoms with Gasteiger partial charge in [0.15, 0.2) is 0 Å². The second-order valence-corrected chi connectivity index (χ2v) is 5.28. The average molecular weight is 314 g/mol. The van der Waals surface area contributed by atoms with Crippen molar-refractivity contribution < 1.29 is 9.59 Å². The fraction of sp³-hybridized carbons (Fsp3) is 0.125. The quantitative estimate of drug-likeness (QED) is 0.943. The fourth-order valence-corrected chi connectivity index (χ4v) is 2.48. The van der Waals surface area contributed by atoms with E-state index in [1.807, 2.05) is 12.1 Å². The first kappa shape index (κ1) is 14.4. The van der Waals surface area contributed by atoms with Gasteiger partial charge in [-0.1, -0.05) is 35.9 Å². The molecule has 1 N–H and O–H groups in total. The number of azo groups is 1. The predicted octanol–water partition coefficient (Wildman–Crippen LogP) is 3.42. The number of nitrogens with zero attached hydrogens (tertiary/aromatic N) is 2. The van der Waals surface area contributed by atoms with Crippen LogP contribution < -0.4 is 5.32 Å². The Labute approximate surface area is 132 Å². The highest BCUT2D eigenvalue weighted by atomic mass is 35.5. The molecule has 22 heavy (non-hydrogen) atoms. The first-order valence-corrected chi connectivity index (χ1v) is 7.11. The zero-order valence-corrected chi connectivity index (χ0v) is 12.2. The Balaban J connectivity index is 1.73. The number of rotatable bonds is 3. The number of carbonyl (C=O) groups is 2. The van der Waals surface area contributed by atoms with Gasteiger partial charge in [0.25, 0.3) is 11.8 Å². The Kier molecular flexibility index (Phi) is 3.98. The highest BCUT2D eigenvalue weighted by Gasteiger charge is 2.23. The summed E-state index contributed by atoms with van der Waals surface area (Å²) in [5.74, 6) is -0.597. The zero-order valence-electron chi connectivity index (χ0n) is 11.5. The van der Waals surface area contributed by atoms with Crippen LogP contribution in [0.2, 0.25) is 5.02 Å². The van der Waals surface area contributed by atoms with Crippen molar-refractivity contribution in [1.82, 2.24) is 5.32 Å². The van der Waals surface area contributed by atoms with Crippen LogP contribution in [0.4, 0.5) is 0 Å². The second kappa shape index (κ2) is 6.07. The Hall–Kier alpha value is -2.53. The molecule has 0 bridgehead atoms. The maximum Gasteiger partial charge on any atom is 0.295 e. The van der Waals surface area contributed by atoms with Crippen molar-refractivity contribution >= 4 is 23.4 Å². The maximum absolute atomic E-state index is 12.1. The molecule has 1 aliphatic rings. The minimum Gasteiger partial charge on any atom is -0.349 e. The third-order valence-corrected chi connectivity index (χ3v) is 3.62. The van der Waals surface area contributed by atoms with Crippen LogP contribution in [0.15, 0.2) is 58.8 Å². The van der Waals surface area contributed by atoms with Gasteiger partial charge in [-0.25, -0.2) is 0 Å². The molecular formula is C16H12ClN3O2. The summed E-state index contributed by atoms with van der Waals surface area (Å²) in [4.78, 5) is 23.8. The Morgan fingerprint density at radius 3 is 2.82 bits per heavy atom. The van der Waals surface area contributed by atoms with Gasteiger partial charge in [0.2, 0.25) is 0 Å². The zero-order chi connectivity index (χ0) is 15.5. The minimum absolute atomic E-state index is 0.243. The summed E-state index contributed by atoms with van der Waals surface area (Å²) in [5, 5.41) is 10.9. The SMILES string of the molecule is O=C(NCC1N=NC(=O)c2ccccc21)c1cccc(Cl)c1. The highest BCUT2D eigenvalue weighted by molar-refractivity contribution is 6.30. The molecule has 6 heteroatoms. The predicted molar refractivity (Wildman–Crippen MR) is 82.2 cm³/mol. The summed E-state index contributed by atoms with van der Waals surface area (Å²) in [6.07, 6.45) is 0. The van der Waals surface area contributed by atoms with E-state index < -0.39 is 0 Å². The topological polar surface area (TPSA) is 70.9 Å². The van der Waals surface area contributed by atoms with Crippen molar-refractivity contribution in [3.05, 3.63) is 70.2 Å². The van der Waals surface area contributed by atoms with Gasteiger partial charge in [-0.3, -0.25) is 9.59 Å². The number of fused-ring (bicyclic) bond motifs is 1. The number of hydrogen-bond donors (Lipinski definition) is 1. The molecule has 0 fully saturated rings. The first-order valence-electron chi connectivity index (χ1n) is 6.73. The molecule has 0 aromatic heterocycles. The smallest absolute Gasteiger partial charge is 0.295 e. The number of amides is 2. The van der Waals surface area contributed by atoms with Crippen molar-refractivity contribution in [2.75, 3.05) is 6.54 Å². The monoisotopic (exact) mass is 313 g/mol. The van der Waals surface area contributed by atoms with E-state index in [0.717, 1.165) is 5.56 Å². The van der Waals surface area contributed by atoms with Crippen molar-refractivity contribution in [2.45, 2.75) is 6.04 Å². The number of hydrogen-bond acceptors (Lipinski definition) is 3. The molecule has 1 aliphatic heterocycles. The van der Waals surface area contributed by atoms with Crippen LogP contribution >= 0.6 is 11.6 Å². The molecule has 3 rings (SSSR count). The lowest BCUT2D eigenvalue weighted by molar-refractivity contribution is 0.0950. The summed E-state index contributed by atoms with van der Waals surface area (Å²) >= 11 is 5.87. The molecule has 2 aromatic carbocycles. The molecule has 0 aliphatic carbocycles. The molecule has 110 valence electrons. The molecule has 0 saturated heterocycles. The van der Waals surface area contributed by atoms with Crippen LogP contribution in [0.25, 0.3) is 0 Å². The lowest BCUT2D eigenvalue weighted by Crippen LogP contribution is -2.29. The molecule has 0 spiro atoms. The molecule has 1 heterocycles. The summed E-state index contributed by atoms with van der Waals surface area (Å²) in [5.41, 5.74) is 1.78. The van der Waals surface area contributed by atoms with Crippen LogP contribution in [0.3, 0.4) is 0 Å². The molecule has 5 nitrogen and oxygen atoms in total. The molecule has 1 atom stereocenters. The lowest BCUT2D eigenvalue weighted by atomic mass is 9.99. The van der Waals surface area contributed by atoms with E-state index >= 15 is 0 Å². The highest BCUT2D eigenvalue weighted by Crippen LogP contribution is 2.26. The van der Waals surface area contributed by atoms with Gasteiger partial charge in [-0.15, -0.1) is 5.11 Å². The van der Waals surface area contributed by atoms with Gasteiger partial charge in [0.05, 0.1) is 0 Å². The number of nitrogens with one attached hydrogen (secondary N) is 1. The van der Waals surface area contributed by atoms with Crippen LogP contribution in [0.1, 0.15) is 32.3 Å². The molecular weight excluding hydrogens is 302 g/mol. The number of halogens is 1. The fourth-order valence-electron chi connectivity index (χ4n) is 2.29. The van der Waals surface area contributed by atoms with Crippen molar-refractivity contribution in [3.63, 3.8) is 0 Å². The largest absolute Gasteiger partial charge is 0.349 e. The summed E-state index contributed by atoms with van der Waals surface area (Å²) in [6.45, 7) is 0.263. The van der Waals surface area contributed by atoms with E-state index in [4.69, 9.17) is 11.6 Å². The number of carbonyl (C=O) groups excluding carboxylic acids is 2. The minimum atomic E-state index is -0.364. The van der Waals surface area contributed by atoms with E-state index in [9.17, 15) is 9.59 Å². The van der Waals surface area contributed by atoms with Gasteiger partial charge >= 0.3 is 0 Å². The summed E-state index contributed by atoms with van der Waals surface area (Å²) < 4.78 is 0. The van der Waals surface area contributed by atoms with Gasteiger partial charge in [0.1, 0.15) is 6.04 Å². The van der Waals surface area contributed by atoms with E-state index in [2.05, 4.69) is 15.5 Å². The van der Waals surface area contributed by atoms with Gasteiger partial charge in [-0.2, -0.15) is 5.11 Å². The molecule has 2 aromatic rings. The molecule has 0 radical (unpaired) electrons. The van der Waals surface area contributed by atoms with E-state index in [-0.39, 0.29) is 24.4 Å². The van der Waals surface area contributed by atoms with Crippen LogP contribution in [0.5, 0.6) is 0 Å². The van der Waals surface area contributed by atoms with Gasteiger partial charge in [0, 0.05) is 22.7 Å². The van der Waals surface area contributed by atoms with Crippen molar-refractivity contribution in [1.29, 1.82) is 0 Å². The van der Waals surface area contributed by atoms with Gasteiger partial charge in [-0.05, 0) is 29.8 Å². The summed E-state index contributed by atoms with van der Waals surface area (Å²) in [7, 11) is 0. The Morgan fingerprint density at radius 2 is 2.00 bits per heavy atom. The van der Waals surface area contributed by atoms with Crippen molar-refractivity contribution in [3.8, 4) is 0 Å². The molecule has 0 saturated carbocycles. The number of benzene rings is 2. The standard InChI is InChI=1S/C16H12ClN3O2/c17-11-5-3-4-10(8-11)15(21)18-9-14-12-6-1-2-7-13(12)16(22)20-19-14/h1-8,14H,9H2,(H,18,21). The Bertz CT molecular complexity index is 773. The average Bonchev–Trinajstić information content (AvgIpc) is 2.54. The third-order valence-electron chi connectivity index (χ3n) is 3.38. The molecule has 2 amide bonds. The van der Waals surface area contributed by atoms with Crippen LogP contribution in [0, 0.1) is 0 Å². The molecule has 1 unspecified atom stereocenters. The van der Waals surface area contributed by atoms with Gasteiger partial charge < -0.3 is 5.32 Å².